The van der Waals surface area contributed by atoms with Crippen LogP contribution in [-0.2, 0) is 6.61 Å². The molecule has 0 aliphatic heterocycles. The summed E-state index contributed by atoms with van der Waals surface area (Å²) < 4.78 is 24.6. The van der Waals surface area contributed by atoms with Gasteiger partial charge >= 0.3 is 5.97 Å². The first-order valence-electron chi connectivity index (χ1n) is 11.0. The molecular formula is C28H19Cl2FN2O4. The van der Waals surface area contributed by atoms with E-state index in [4.69, 9.17) is 32.7 Å². The Bertz CT molecular complexity index is 1440. The van der Waals surface area contributed by atoms with Crippen molar-refractivity contribution in [1.82, 2.24) is 5.43 Å². The van der Waals surface area contributed by atoms with E-state index in [0.717, 1.165) is 5.56 Å². The average Bonchev–Trinajstić information content (AvgIpc) is 2.89. The lowest BCUT2D eigenvalue weighted by Gasteiger charge is -2.08. The van der Waals surface area contributed by atoms with Crippen LogP contribution in [0.15, 0.2) is 96.1 Å². The molecule has 1 amide bonds. The number of hydrogen-bond donors (Lipinski definition) is 1. The Hall–Kier alpha value is -4.20. The smallest absolute Gasteiger partial charge is 0.346 e. The van der Waals surface area contributed by atoms with Crippen LogP contribution in [0.25, 0.3) is 0 Å². The van der Waals surface area contributed by atoms with Crippen molar-refractivity contribution in [2.45, 2.75) is 6.61 Å². The summed E-state index contributed by atoms with van der Waals surface area (Å²) in [6, 6.07) is 23.7. The van der Waals surface area contributed by atoms with Crippen LogP contribution in [-0.4, -0.2) is 18.1 Å². The van der Waals surface area contributed by atoms with Crippen LogP contribution in [0.5, 0.6) is 11.5 Å². The molecule has 0 aliphatic carbocycles. The van der Waals surface area contributed by atoms with Crippen LogP contribution in [0.4, 0.5) is 4.39 Å². The Labute approximate surface area is 222 Å². The second-order valence-electron chi connectivity index (χ2n) is 7.69. The molecule has 1 N–H and O–H groups in total. The number of hydrogen-bond acceptors (Lipinski definition) is 5. The zero-order chi connectivity index (χ0) is 26.2. The van der Waals surface area contributed by atoms with Crippen molar-refractivity contribution in [2.75, 3.05) is 0 Å². The second kappa shape index (κ2) is 12.2. The molecule has 0 heterocycles. The average molecular weight is 537 g/mol. The topological polar surface area (TPSA) is 77.0 Å². The Balaban J connectivity index is 1.27. The molecule has 4 aromatic carbocycles. The molecule has 0 atom stereocenters. The Morgan fingerprint density at radius 3 is 2.30 bits per heavy atom. The third kappa shape index (κ3) is 7.16. The van der Waals surface area contributed by atoms with Crippen molar-refractivity contribution in [3.05, 3.63) is 129 Å². The number of carbonyl (C=O) groups excluding carboxylic acids is 2. The van der Waals surface area contributed by atoms with Gasteiger partial charge in [0.15, 0.2) is 0 Å². The van der Waals surface area contributed by atoms with E-state index in [2.05, 4.69) is 10.5 Å². The van der Waals surface area contributed by atoms with E-state index in [9.17, 15) is 14.0 Å². The summed E-state index contributed by atoms with van der Waals surface area (Å²) >= 11 is 12.0. The maximum absolute atomic E-state index is 13.7. The molecule has 0 aliphatic rings. The molecule has 0 saturated carbocycles. The van der Waals surface area contributed by atoms with Gasteiger partial charge in [-0.05, 0) is 78.4 Å². The molecule has 0 spiro atoms. The zero-order valence-corrected chi connectivity index (χ0v) is 20.7. The molecule has 0 radical (unpaired) electrons. The molecular weight excluding hydrogens is 518 g/mol. The zero-order valence-electron chi connectivity index (χ0n) is 19.2. The van der Waals surface area contributed by atoms with E-state index in [1.54, 1.807) is 60.7 Å². The van der Waals surface area contributed by atoms with Crippen molar-refractivity contribution in [1.29, 1.82) is 0 Å². The maximum atomic E-state index is 13.7. The van der Waals surface area contributed by atoms with Crippen LogP contribution < -0.4 is 14.9 Å². The lowest BCUT2D eigenvalue weighted by Crippen LogP contribution is -2.17. The van der Waals surface area contributed by atoms with E-state index in [0.29, 0.717) is 26.9 Å². The van der Waals surface area contributed by atoms with E-state index in [-0.39, 0.29) is 17.9 Å². The highest BCUT2D eigenvalue weighted by Gasteiger charge is 2.13. The molecule has 37 heavy (non-hydrogen) atoms. The summed E-state index contributed by atoms with van der Waals surface area (Å²) in [6.07, 6.45) is 1.44. The van der Waals surface area contributed by atoms with Gasteiger partial charge in [0.2, 0.25) is 0 Å². The van der Waals surface area contributed by atoms with Crippen LogP contribution in [0, 0.1) is 5.82 Å². The van der Waals surface area contributed by atoms with Gasteiger partial charge in [0.25, 0.3) is 5.91 Å². The molecule has 6 nitrogen and oxygen atoms in total. The van der Waals surface area contributed by atoms with Gasteiger partial charge < -0.3 is 9.47 Å². The van der Waals surface area contributed by atoms with Crippen molar-refractivity contribution in [3.8, 4) is 11.5 Å². The summed E-state index contributed by atoms with van der Waals surface area (Å²) in [4.78, 5) is 24.5. The van der Waals surface area contributed by atoms with E-state index < -0.39 is 17.7 Å². The largest absolute Gasteiger partial charge is 0.489 e. The number of benzene rings is 4. The normalized spacial score (nSPS) is 10.8. The van der Waals surface area contributed by atoms with Gasteiger partial charge in [0.05, 0.1) is 11.8 Å². The Kier molecular flexibility index (Phi) is 8.51. The lowest BCUT2D eigenvalue weighted by atomic mass is 10.2. The highest BCUT2D eigenvalue weighted by Crippen LogP contribution is 2.23. The molecule has 4 rings (SSSR count). The first kappa shape index (κ1) is 25.9. The monoisotopic (exact) mass is 536 g/mol. The molecule has 0 aromatic heterocycles. The number of esters is 1. The molecule has 0 saturated heterocycles. The first-order valence-corrected chi connectivity index (χ1v) is 11.7. The number of halogens is 3. The summed E-state index contributed by atoms with van der Waals surface area (Å²) in [5.41, 5.74) is 4.13. The number of nitrogens with zero attached hydrogens (tertiary/aromatic N) is 1. The van der Waals surface area contributed by atoms with Crippen molar-refractivity contribution in [3.63, 3.8) is 0 Å². The Morgan fingerprint density at radius 1 is 0.892 bits per heavy atom. The highest BCUT2D eigenvalue weighted by molar-refractivity contribution is 6.35. The number of ether oxygens (including phenoxy) is 2. The van der Waals surface area contributed by atoms with Gasteiger partial charge in [-0.2, -0.15) is 5.10 Å². The number of carbonyl (C=O) groups is 2. The van der Waals surface area contributed by atoms with Gasteiger partial charge in [-0.15, -0.1) is 0 Å². The van der Waals surface area contributed by atoms with Crippen molar-refractivity contribution in [2.24, 2.45) is 5.10 Å². The van der Waals surface area contributed by atoms with Gasteiger partial charge in [-0.25, -0.2) is 14.6 Å². The predicted octanol–water partition coefficient (Wildman–Crippen LogP) is 6.69. The number of amides is 1. The van der Waals surface area contributed by atoms with Crippen LogP contribution in [0.2, 0.25) is 10.0 Å². The van der Waals surface area contributed by atoms with Gasteiger partial charge in [0, 0.05) is 21.2 Å². The fourth-order valence-electron chi connectivity index (χ4n) is 3.14. The molecule has 0 bridgehead atoms. The third-order valence-electron chi connectivity index (χ3n) is 5.09. The fourth-order valence-corrected chi connectivity index (χ4v) is 3.61. The van der Waals surface area contributed by atoms with Crippen LogP contribution in [0.1, 0.15) is 31.8 Å². The van der Waals surface area contributed by atoms with E-state index in [1.165, 1.54) is 36.5 Å². The summed E-state index contributed by atoms with van der Waals surface area (Å²) in [6.45, 7) is 0.257. The van der Waals surface area contributed by atoms with Crippen LogP contribution in [0.3, 0.4) is 0 Å². The minimum Gasteiger partial charge on any atom is -0.489 e. The number of hydrazone groups is 1. The highest BCUT2D eigenvalue weighted by atomic mass is 35.5. The first-order chi connectivity index (χ1) is 17.9. The lowest BCUT2D eigenvalue weighted by molar-refractivity contribution is 0.0729. The van der Waals surface area contributed by atoms with Gasteiger partial charge in [-0.3, -0.25) is 4.79 Å². The van der Waals surface area contributed by atoms with Gasteiger partial charge in [0.1, 0.15) is 23.9 Å². The number of rotatable bonds is 8. The molecule has 4 aromatic rings. The predicted molar refractivity (Wildman–Crippen MR) is 140 cm³/mol. The minimum atomic E-state index is -0.794. The number of nitrogens with one attached hydrogen (secondary N) is 1. The Morgan fingerprint density at radius 2 is 1.59 bits per heavy atom. The van der Waals surface area contributed by atoms with Gasteiger partial charge in [-0.1, -0.05) is 41.4 Å². The van der Waals surface area contributed by atoms with Crippen molar-refractivity contribution < 1.29 is 23.5 Å². The summed E-state index contributed by atoms with van der Waals surface area (Å²) in [7, 11) is 0. The van der Waals surface area contributed by atoms with Crippen molar-refractivity contribution >= 4 is 41.3 Å². The quantitative estimate of drug-likeness (QED) is 0.118. The standard InChI is InChI=1S/C28H19Cl2FN2O4/c29-21-10-7-20(25(30)15-21)17-36-22-13-8-19(9-14-22)27(34)33-32-16-18-5-11-23(12-6-18)37-28(35)24-3-1-2-4-26(24)31/h1-16H,17H2,(H,33,34)/b32-16-. The molecule has 9 heteroatoms. The summed E-state index contributed by atoms with van der Waals surface area (Å²) in [5, 5.41) is 5.01. The maximum Gasteiger partial charge on any atom is 0.346 e. The fraction of sp³-hybridized carbons (Fsp3) is 0.0357. The van der Waals surface area contributed by atoms with E-state index in [1.807, 2.05) is 0 Å². The molecule has 0 unspecified atom stereocenters. The minimum absolute atomic E-state index is 0.151. The SMILES string of the molecule is O=C(N/N=C\c1ccc(OC(=O)c2ccccc2F)cc1)c1ccc(OCc2ccc(Cl)cc2Cl)cc1. The second-order valence-corrected chi connectivity index (χ2v) is 8.53. The summed E-state index contributed by atoms with van der Waals surface area (Å²) in [5.74, 6) is -1.04. The van der Waals surface area contributed by atoms with Crippen LogP contribution >= 0.6 is 23.2 Å². The molecule has 186 valence electrons. The van der Waals surface area contributed by atoms with E-state index >= 15 is 0 Å². The molecule has 0 fully saturated rings. The third-order valence-corrected chi connectivity index (χ3v) is 5.68.